The highest BCUT2D eigenvalue weighted by atomic mass is 16.5. The molecule has 1 aromatic rings. The molecule has 5 heteroatoms. The number of benzene rings is 1. The Morgan fingerprint density at radius 1 is 1.32 bits per heavy atom. The number of nitrogens with one attached hydrogen (secondary N) is 1. The van der Waals surface area contributed by atoms with E-state index in [-0.39, 0.29) is 5.91 Å². The summed E-state index contributed by atoms with van der Waals surface area (Å²) in [6.07, 6.45) is 0. The summed E-state index contributed by atoms with van der Waals surface area (Å²) in [7, 11) is 1.90. The van der Waals surface area contributed by atoms with Crippen molar-refractivity contribution in [2.75, 3.05) is 39.9 Å². The van der Waals surface area contributed by atoms with Crippen LogP contribution in [0.5, 0.6) is 0 Å². The summed E-state index contributed by atoms with van der Waals surface area (Å²) in [5.74, 6) is 0.0187. The number of nitrogens with two attached hydrogens (primary N) is 1. The first-order valence-electron chi connectivity index (χ1n) is 6.49. The van der Waals surface area contributed by atoms with E-state index in [0.717, 1.165) is 12.1 Å². The summed E-state index contributed by atoms with van der Waals surface area (Å²) < 4.78 is 5.27. The number of carbonyl (C=O) groups is 1. The zero-order valence-corrected chi connectivity index (χ0v) is 11.5. The van der Waals surface area contributed by atoms with Crippen LogP contribution in [0.25, 0.3) is 0 Å². The lowest BCUT2D eigenvalue weighted by atomic mass is 10.2. The molecule has 0 aliphatic rings. The molecule has 19 heavy (non-hydrogen) atoms. The summed E-state index contributed by atoms with van der Waals surface area (Å²) >= 11 is 0. The van der Waals surface area contributed by atoms with Gasteiger partial charge < -0.3 is 15.8 Å². The molecule has 0 unspecified atom stereocenters. The lowest BCUT2D eigenvalue weighted by Gasteiger charge is -2.16. The van der Waals surface area contributed by atoms with Crippen molar-refractivity contribution in [1.29, 1.82) is 0 Å². The van der Waals surface area contributed by atoms with Crippen molar-refractivity contribution in [3.8, 4) is 0 Å². The maximum atomic E-state index is 11.7. The quantitative estimate of drug-likeness (QED) is 0.626. The highest BCUT2D eigenvalue weighted by molar-refractivity contribution is 5.77. The van der Waals surface area contributed by atoms with Crippen LogP contribution in [-0.2, 0) is 16.1 Å². The van der Waals surface area contributed by atoms with Gasteiger partial charge in [0.15, 0.2) is 0 Å². The van der Waals surface area contributed by atoms with E-state index in [1.807, 2.05) is 42.3 Å². The summed E-state index contributed by atoms with van der Waals surface area (Å²) in [6, 6.07) is 9.86. The third-order valence-electron chi connectivity index (χ3n) is 2.63. The molecule has 0 saturated carbocycles. The smallest absolute Gasteiger partial charge is 0.234 e. The van der Waals surface area contributed by atoms with Crippen LogP contribution in [0.4, 0.5) is 0 Å². The van der Waals surface area contributed by atoms with Crippen molar-refractivity contribution in [1.82, 2.24) is 10.2 Å². The fourth-order valence-corrected chi connectivity index (χ4v) is 1.58. The molecule has 0 radical (unpaired) electrons. The Morgan fingerprint density at radius 3 is 2.74 bits per heavy atom. The molecule has 3 N–H and O–H groups in total. The minimum atomic E-state index is 0.0187. The van der Waals surface area contributed by atoms with Gasteiger partial charge in [-0.05, 0) is 12.6 Å². The molecule has 1 amide bonds. The molecule has 5 nitrogen and oxygen atoms in total. The number of ether oxygens (including phenoxy) is 1. The monoisotopic (exact) mass is 265 g/mol. The van der Waals surface area contributed by atoms with E-state index in [0.29, 0.717) is 32.8 Å². The second-order valence-electron chi connectivity index (χ2n) is 4.40. The van der Waals surface area contributed by atoms with E-state index in [1.54, 1.807) is 0 Å². The third-order valence-corrected chi connectivity index (χ3v) is 2.63. The van der Waals surface area contributed by atoms with Crippen molar-refractivity contribution in [2.24, 2.45) is 5.73 Å². The molecule has 0 saturated heterocycles. The minimum absolute atomic E-state index is 0.0187. The number of rotatable bonds is 9. The molecule has 0 aromatic heterocycles. The van der Waals surface area contributed by atoms with Gasteiger partial charge in [0.1, 0.15) is 0 Å². The van der Waals surface area contributed by atoms with Crippen LogP contribution in [0.2, 0.25) is 0 Å². The summed E-state index contributed by atoms with van der Waals surface area (Å²) in [6.45, 7) is 3.35. The van der Waals surface area contributed by atoms with Gasteiger partial charge in [-0.15, -0.1) is 0 Å². The SMILES string of the molecule is CN(CCOCCN)CC(=O)NCc1ccccc1. The van der Waals surface area contributed by atoms with Crippen LogP contribution in [0.1, 0.15) is 5.56 Å². The number of nitrogens with zero attached hydrogens (tertiary/aromatic N) is 1. The van der Waals surface area contributed by atoms with Crippen LogP contribution in [0.3, 0.4) is 0 Å². The average molecular weight is 265 g/mol. The highest BCUT2D eigenvalue weighted by Crippen LogP contribution is 1.97. The molecule has 0 atom stereocenters. The molecule has 0 heterocycles. The van der Waals surface area contributed by atoms with Gasteiger partial charge in [-0.1, -0.05) is 30.3 Å². The molecule has 0 bridgehead atoms. The largest absolute Gasteiger partial charge is 0.379 e. The highest BCUT2D eigenvalue weighted by Gasteiger charge is 2.05. The second kappa shape index (κ2) is 9.49. The molecule has 0 aliphatic heterocycles. The molecule has 0 fully saturated rings. The van der Waals surface area contributed by atoms with E-state index >= 15 is 0 Å². The summed E-state index contributed by atoms with van der Waals surface area (Å²) in [4.78, 5) is 13.6. The maximum absolute atomic E-state index is 11.7. The van der Waals surface area contributed by atoms with E-state index in [4.69, 9.17) is 10.5 Å². The van der Waals surface area contributed by atoms with Gasteiger partial charge >= 0.3 is 0 Å². The van der Waals surface area contributed by atoms with Crippen LogP contribution in [-0.4, -0.2) is 50.7 Å². The molecule has 1 rings (SSSR count). The summed E-state index contributed by atoms with van der Waals surface area (Å²) in [5.41, 5.74) is 6.42. The van der Waals surface area contributed by atoms with Crippen LogP contribution in [0, 0.1) is 0 Å². The Bertz CT molecular complexity index is 357. The Hall–Kier alpha value is -1.43. The fraction of sp³-hybridized carbons (Fsp3) is 0.500. The minimum Gasteiger partial charge on any atom is -0.379 e. The zero-order chi connectivity index (χ0) is 13.9. The molecule has 1 aromatic carbocycles. The number of hydrogen-bond acceptors (Lipinski definition) is 4. The van der Waals surface area contributed by atoms with E-state index < -0.39 is 0 Å². The van der Waals surface area contributed by atoms with Crippen LogP contribution in [0.15, 0.2) is 30.3 Å². The normalized spacial score (nSPS) is 10.7. The Morgan fingerprint density at radius 2 is 2.05 bits per heavy atom. The topological polar surface area (TPSA) is 67.6 Å². The first-order chi connectivity index (χ1) is 9.22. The number of likely N-dealkylation sites (N-methyl/N-ethyl adjacent to an activating group) is 1. The predicted molar refractivity (Wildman–Crippen MR) is 75.7 cm³/mol. The Labute approximate surface area is 114 Å². The predicted octanol–water partition coefficient (Wildman–Crippen LogP) is 0.210. The van der Waals surface area contributed by atoms with Crippen molar-refractivity contribution >= 4 is 5.91 Å². The maximum Gasteiger partial charge on any atom is 0.234 e. The van der Waals surface area contributed by atoms with E-state index in [2.05, 4.69) is 5.32 Å². The van der Waals surface area contributed by atoms with Gasteiger partial charge in [-0.3, -0.25) is 9.69 Å². The van der Waals surface area contributed by atoms with Gasteiger partial charge in [0.25, 0.3) is 0 Å². The van der Waals surface area contributed by atoms with Gasteiger partial charge in [-0.25, -0.2) is 0 Å². The van der Waals surface area contributed by atoms with E-state index in [1.165, 1.54) is 0 Å². The Balaban J connectivity index is 2.13. The molecule has 106 valence electrons. The van der Waals surface area contributed by atoms with Crippen molar-refractivity contribution < 1.29 is 9.53 Å². The van der Waals surface area contributed by atoms with E-state index in [9.17, 15) is 4.79 Å². The lowest BCUT2D eigenvalue weighted by Crippen LogP contribution is -2.36. The van der Waals surface area contributed by atoms with Gasteiger partial charge in [-0.2, -0.15) is 0 Å². The zero-order valence-electron chi connectivity index (χ0n) is 11.5. The number of amides is 1. The van der Waals surface area contributed by atoms with Crippen molar-refractivity contribution in [3.63, 3.8) is 0 Å². The van der Waals surface area contributed by atoms with Gasteiger partial charge in [0.05, 0.1) is 19.8 Å². The molecule has 0 spiro atoms. The standard InChI is InChI=1S/C14H23N3O2/c1-17(8-10-19-9-7-15)12-14(18)16-11-13-5-3-2-4-6-13/h2-6H,7-12,15H2,1H3,(H,16,18). The van der Waals surface area contributed by atoms with Gasteiger partial charge in [0, 0.05) is 19.6 Å². The lowest BCUT2D eigenvalue weighted by molar-refractivity contribution is -0.122. The van der Waals surface area contributed by atoms with Crippen molar-refractivity contribution in [3.05, 3.63) is 35.9 Å². The average Bonchev–Trinajstić information content (AvgIpc) is 2.42. The third kappa shape index (κ3) is 7.56. The fourth-order valence-electron chi connectivity index (χ4n) is 1.58. The van der Waals surface area contributed by atoms with Crippen LogP contribution >= 0.6 is 0 Å². The van der Waals surface area contributed by atoms with Gasteiger partial charge in [0.2, 0.25) is 5.91 Å². The van der Waals surface area contributed by atoms with Crippen molar-refractivity contribution in [2.45, 2.75) is 6.54 Å². The molecule has 0 aliphatic carbocycles. The number of carbonyl (C=O) groups excluding carboxylic acids is 1. The Kier molecular flexibility index (Phi) is 7.81. The molecular formula is C14H23N3O2. The first kappa shape index (κ1) is 15.6. The summed E-state index contributed by atoms with van der Waals surface area (Å²) in [5, 5.41) is 2.89. The van der Waals surface area contributed by atoms with Crippen LogP contribution < -0.4 is 11.1 Å². The second-order valence-corrected chi connectivity index (χ2v) is 4.40. The molecular weight excluding hydrogens is 242 g/mol. The first-order valence-corrected chi connectivity index (χ1v) is 6.49. The number of hydrogen-bond donors (Lipinski definition) is 2.